The van der Waals surface area contributed by atoms with Crippen molar-refractivity contribution >= 4 is 28.6 Å². The third-order valence-electron chi connectivity index (χ3n) is 5.08. The molecule has 4 aromatic rings. The van der Waals surface area contributed by atoms with Gasteiger partial charge in [-0.3, -0.25) is 4.79 Å². The Labute approximate surface area is 180 Å². The lowest BCUT2D eigenvalue weighted by Crippen LogP contribution is -2.13. The van der Waals surface area contributed by atoms with Crippen molar-refractivity contribution in [3.05, 3.63) is 101 Å². The van der Waals surface area contributed by atoms with Crippen LogP contribution in [0.3, 0.4) is 0 Å². The highest BCUT2D eigenvalue weighted by Crippen LogP contribution is 2.25. The van der Waals surface area contributed by atoms with Crippen LogP contribution in [0.5, 0.6) is 5.75 Å². The number of aryl methyl sites for hydroxylation is 1. The summed E-state index contributed by atoms with van der Waals surface area (Å²) in [4.78, 5) is 12.6. The third kappa shape index (κ3) is 4.49. The highest BCUT2D eigenvalue weighted by Gasteiger charge is 2.13. The van der Waals surface area contributed by atoms with Gasteiger partial charge in [0.15, 0.2) is 0 Å². The van der Waals surface area contributed by atoms with E-state index in [4.69, 9.17) is 0 Å². The van der Waals surface area contributed by atoms with Crippen molar-refractivity contribution in [1.82, 2.24) is 4.57 Å². The van der Waals surface area contributed by atoms with E-state index in [9.17, 15) is 15.2 Å². The summed E-state index contributed by atoms with van der Waals surface area (Å²) in [6.07, 6.45) is 3.58. The SMILES string of the molecule is Cc1ccc(Cn2cc(/C=C(\C#N)C(=O)Nc3ccc(O)cc3)c3ccccc32)cc1. The van der Waals surface area contributed by atoms with Gasteiger partial charge in [0.05, 0.1) is 0 Å². The zero-order valence-corrected chi connectivity index (χ0v) is 17.0. The number of anilines is 1. The Morgan fingerprint density at radius 1 is 1.06 bits per heavy atom. The van der Waals surface area contributed by atoms with Gasteiger partial charge in [0, 0.05) is 34.9 Å². The van der Waals surface area contributed by atoms with Crippen molar-refractivity contribution < 1.29 is 9.90 Å². The van der Waals surface area contributed by atoms with Gasteiger partial charge in [-0.25, -0.2) is 0 Å². The maximum absolute atomic E-state index is 12.6. The van der Waals surface area contributed by atoms with E-state index in [-0.39, 0.29) is 11.3 Å². The number of benzene rings is 3. The van der Waals surface area contributed by atoms with Gasteiger partial charge in [0.2, 0.25) is 0 Å². The van der Waals surface area contributed by atoms with Crippen molar-refractivity contribution in [3.8, 4) is 11.8 Å². The minimum absolute atomic E-state index is 0.00585. The Morgan fingerprint density at radius 2 is 1.77 bits per heavy atom. The van der Waals surface area contributed by atoms with Crippen LogP contribution in [-0.4, -0.2) is 15.6 Å². The van der Waals surface area contributed by atoms with Crippen LogP contribution in [0.15, 0.2) is 84.6 Å². The van der Waals surface area contributed by atoms with Crippen LogP contribution in [0.1, 0.15) is 16.7 Å². The molecule has 1 amide bonds. The first-order valence-electron chi connectivity index (χ1n) is 9.89. The number of aromatic hydroxyl groups is 1. The number of rotatable bonds is 5. The van der Waals surface area contributed by atoms with Gasteiger partial charge in [0.1, 0.15) is 17.4 Å². The number of carbonyl (C=O) groups is 1. The molecular formula is C26H21N3O2. The van der Waals surface area contributed by atoms with Gasteiger partial charge in [-0.1, -0.05) is 48.0 Å². The van der Waals surface area contributed by atoms with Crippen LogP contribution in [-0.2, 0) is 11.3 Å². The van der Waals surface area contributed by atoms with Gasteiger partial charge < -0.3 is 15.0 Å². The first-order chi connectivity index (χ1) is 15.0. The van der Waals surface area contributed by atoms with Crippen LogP contribution in [0, 0.1) is 18.3 Å². The quantitative estimate of drug-likeness (QED) is 0.269. The maximum atomic E-state index is 12.6. The largest absolute Gasteiger partial charge is 0.508 e. The lowest BCUT2D eigenvalue weighted by atomic mass is 10.1. The number of nitrogens with one attached hydrogen (secondary N) is 1. The molecule has 0 fully saturated rings. The van der Waals surface area contributed by atoms with Gasteiger partial charge in [0.25, 0.3) is 5.91 Å². The van der Waals surface area contributed by atoms with Crippen LogP contribution < -0.4 is 5.32 Å². The van der Waals surface area contributed by atoms with Gasteiger partial charge in [-0.2, -0.15) is 5.26 Å². The molecule has 152 valence electrons. The second-order valence-electron chi connectivity index (χ2n) is 7.39. The van der Waals surface area contributed by atoms with Crippen molar-refractivity contribution in [1.29, 1.82) is 5.26 Å². The number of aromatic nitrogens is 1. The molecule has 0 unspecified atom stereocenters. The molecule has 5 nitrogen and oxygen atoms in total. The molecule has 1 heterocycles. The summed E-state index contributed by atoms with van der Waals surface area (Å²) in [6, 6.07) is 24.4. The van der Waals surface area contributed by atoms with Crippen molar-refractivity contribution in [2.45, 2.75) is 13.5 Å². The van der Waals surface area contributed by atoms with E-state index in [1.807, 2.05) is 36.5 Å². The van der Waals surface area contributed by atoms with E-state index in [1.165, 1.54) is 23.3 Å². The van der Waals surface area contributed by atoms with Crippen LogP contribution >= 0.6 is 0 Å². The number of amides is 1. The molecule has 2 N–H and O–H groups in total. The number of hydrogen-bond donors (Lipinski definition) is 2. The van der Waals surface area contributed by atoms with E-state index < -0.39 is 5.91 Å². The first-order valence-corrected chi connectivity index (χ1v) is 9.89. The van der Waals surface area contributed by atoms with E-state index in [2.05, 4.69) is 41.1 Å². The molecule has 3 aromatic carbocycles. The molecule has 0 saturated carbocycles. The summed E-state index contributed by atoms with van der Waals surface area (Å²) in [5, 5.41) is 22.6. The molecule has 4 rings (SSSR count). The standard InChI is InChI=1S/C26H21N3O2/c1-18-6-8-19(9-7-18)16-29-17-21(24-4-2-3-5-25(24)29)14-20(15-27)26(31)28-22-10-12-23(30)13-11-22/h2-14,17,30H,16H2,1H3,(H,28,31)/b20-14+. The zero-order chi connectivity index (χ0) is 21.8. The van der Waals surface area contributed by atoms with Crippen molar-refractivity contribution in [2.24, 2.45) is 0 Å². The molecule has 0 saturated heterocycles. The fourth-order valence-electron chi connectivity index (χ4n) is 3.46. The highest BCUT2D eigenvalue weighted by molar-refractivity contribution is 6.10. The second kappa shape index (κ2) is 8.60. The number of phenols is 1. The smallest absolute Gasteiger partial charge is 0.266 e. The molecule has 0 aliphatic heterocycles. The molecule has 1 aromatic heterocycles. The van der Waals surface area contributed by atoms with Crippen molar-refractivity contribution in [2.75, 3.05) is 5.32 Å². The lowest BCUT2D eigenvalue weighted by molar-refractivity contribution is -0.112. The topological polar surface area (TPSA) is 78.0 Å². The Kier molecular flexibility index (Phi) is 5.55. The Balaban J connectivity index is 1.66. The fraction of sp³-hybridized carbons (Fsp3) is 0.0769. The molecule has 0 spiro atoms. The number of fused-ring (bicyclic) bond motifs is 1. The van der Waals surface area contributed by atoms with E-state index in [1.54, 1.807) is 18.2 Å². The minimum Gasteiger partial charge on any atom is -0.508 e. The first kappa shape index (κ1) is 20.0. The fourth-order valence-corrected chi connectivity index (χ4v) is 3.46. The Morgan fingerprint density at radius 3 is 2.48 bits per heavy atom. The summed E-state index contributed by atoms with van der Waals surface area (Å²) in [6.45, 7) is 2.75. The van der Waals surface area contributed by atoms with Crippen LogP contribution in [0.2, 0.25) is 0 Å². The number of carbonyl (C=O) groups excluding carboxylic acids is 1. The average molecular weight is 407 g/mol. The van der Waals surface area contributed by atoms with Gasteiger partial charge >= 0.3 is 0 Å². The number of phenolic OH excluding ortho intramolecular Hbond substituents is 1. The molecule has 0 aliphatic carbocycles. The third-order valence-corrected chi connectivity index (χ3v) is 5.08. The van der Waals surface area contributed by atoms with Crippen molar-refractivity contribution in [3.63, 3.8) is 0 Å². The maximum Gasteiger partial charge on any atom is 0.266 e. The zero-order valence-electron chi connectivity index (χ0n) is 17.0. The predicted molar refractivity (Wildman–Crippen MR) is 123 cm³/mol. The van der Waals surface area contributed by atoms with E-state index >= 15 is 0 Å². The summed E-state index contributed by atoms with van der Waals surface area (Å²) < 4.78 is 2.12. The Hall–Kier alpha value is -4.30. The molecule has 0 atom stereocenters. The molecule has 0 aliphatic rings. The average Bonchev–Trinajstić information content (AvgIpc) is 3.12. The van der Waals surface area contributed by atoms with Gasteiger partial charge in [-0.15, -0.1) is 0 Å². The number of para-hydroxylation sites is 1. The summed E-state index contributed by atoms with van der Waals surface area (Å²) in [5.74, 6) is -0.390. The summed E-state index contributed by atoms with van der Waals surface area (Å²) in [5.41, 5.74) is 4.73. The second-order valence-corrected chi connectivity index (χ2v) is 7.39. The lowest BCUT2D eigenvalue weighted by Gasteiger charge is -2.06. The number of nitriles is 1. The normalized spacial score (nSPS) is 11.3. The molecule has 0 bridgehead atoms. The predicted octanol–water partition coefficient (Wildman–Crippen LogP) is 5.25. The molecule has 31 heavy (non-hydrogen) atoms. The highest BCUT2D eigenvalue weighted by atomic mass is 16.3. The molecule has 5 heteroatoms. The summed E-state index contributed by atoms with van der Waals surface area (Å²) >= 11 is 0. The molecule has 0 radical (unpaired) electrons. The number of hydrogen-bond acceptors (Lipinski definition) is 3. The van der Waals surface area contributed by atoms with E-state index in [0.29, 0.717) is 12.2 Å². The van der Waals surface area contributed by atoms with E-state index in [0.717, 1.165) is 16.5 Å². The monoisotopic (exact) mass is 407 g/mol. The minimum atomic E-state index is -0.497. The Bertz CT molecular complexity index is 1310. The number of nitrogens with zero attached hydrogens (tertiary/aromatic N) is 2. The van der Waals surface area contributed by atoms with Crippen LogP contribution in [0.25, 0.3) is 17.0 Å². The van der Waals surface area contributed by atoms with Crippen LogP contribution in [0.4, 0.5) is 5.69 Å². The summed E-state index contributed by atoms with van der Waals surface area (Å²) in [7, 11) is 0. The molecular weight excluding hydrogens is 386 g/mol. The van der Waals surface area contributed by atoms with Gasteiger partial charge in [-0.05, 0) is 48.9 Å².